The first-order valence-corrected chi connectivity index (χ1v) is 19.4. The Morgan fingerprint density at radius 3 is 2.31 bits per heavy atom. The summed E-state index contributed by atoms with van der Waals surface area (Å²) in [5.41, 5.74) is 3.15. The van der Waals surface area contributed by atoms with Gasteiger partial charge < -0.3 is 33.3 Å². The first kappa shape index (κ1) is 38.0. The highest BCUT2D eigenvalue weighted by Gasteiger charge is 2.52. The molecule has 1 aromatic rings. The number of cyclic esters (lactones) is 1. The van der Waals surface area contributed by atoms with Crippen LogP contribution in [0.4, 0.5) is 0 Å². The molecule has 2 aliphatic heterocycles. The minimum atomic E-state index is -0.347. The van der Waals surface area contributed by atoms with Crippen LogP contribution >= 0.6 is 0 Å². The van der Waals surface area contributed by atoms with Gasteiger partial charge in [0.15, 0.2) is 12.1 Å². The summed E-state index contributed by atoms with van der Waals surface area (Å²) in [6.07, 6.45) is 11.0. The molecule has 282 valence electrons. The fraction of sp³-hybridized carbons (Fsp3) is 0.714. The lowest BCUT2D eigenvalue weighted by molar-refractivity contribution is -0.231. The summed E-state index contributed by atoms with van der Waals surface area (Å²) in [6, 6.07) is 6.20. The van der Waals surface area contributed by atoms with Crippen LogP contribution in [-0.2, 0) is 35.1 Å². The SMILES string of the molecule is CC[C@H]1CCC[C@H](O[C@H]2CC[C@H](N(C)C)[C@@H](C)O2)[C@@H](C)C(=O)C2=C[C@@H]3[C@@H](C=C(C)[C@@H]4C[C@@H](OCc5cc(OC)cc(OC)c5)C[C@@H]34)[C@@H]2CC(=O)O1. The molecule has 12 atom stereocenters. The number of Topliss-reactive ketones (excluding diaryl/α,β-unsaturated/α-hetero) is 1. The average molecular weight is 708 g/mol. The van der Waals surface area contributed by atoms with Crippen molar-refractivity contribution in [2.75, 3.05) is 28.3 Å². The fourth-order valence-corrected chi connectivity index (χ4v) is 9.85. The van der Waals surface area contributed by atoms with E-state index in [-0.39, 0.29) is 72.6 Å². The van der Waals surface area contributed by atoms with Crippen molar-refractivity contribution in [3.63, 3.8) is 0 Å². The molecule has 2 heterocycles. The van der Waals surface area contributed by atoms with Gasteiger partial charge in [0.1, 0.15) is 17.6 Å². The number of carbonyl (C=O) groups is 2. The number of hydrogen-bond donors (Lipinski definition) is 0. The topological polar surface area (TPSA) is 92.8 Å². The molecule has 5 aliphatic rings. The van der Waals surface area contributed by atoms with E-state index < -0.39 is 0 Å². The first-order valence-electron chi connectivity index (χ1n) is 19.4. The highest BCUT2D eigenvalue weighted by atomic mass is 16.7. The number of hydrogen-bond acceptors (Lipinski definition) is 9. The highest BCUT2D eigenvalue weighted by molar-refractivity contribution is 5.99. The van der Waals surface area contributed by atoms with E-state index in [1.165, 1.54) is 5.57 Å². The van der Waals surface area contributed by atoms with Gasteiger partial charge in [-0.15, -0.1) is 0 Å². The number of allylic oxidation sites excluding steroid dienone is 4. The molecule has 0 N–H and O–H groups in total. The van der Waals surface area contributed by atoms with Crippen molar-refractivity contribution in [3.05, 3.63) is 47.1 Å². The predicted octanol–water partition coefficient (Wildman–Crippen LogP) is 7.31. The molecule has 0 radical (unpaired) electrons. The maximum Gasteiger partial charge on any atom is 0.306 e. The number of benzene rings is 1. The Hall–Kier alpha value is -2.72. The normalized spacial score (nSPS) is 37.3. The molecule has 1 saturated carbocycles. The third-order valence-corrected chi connectivity index (χ3v) is 12.7. The van der Waals surface area contributed by atoms with Gasteiger partial charge in [-0.2, -0.15) is 0 Å². The summed E-state index contributed by atoms with van der Waals surface area (Å²) < 4.78 is 36.7. The monoisotopic (exact) mass is 707 g/mol. The van der Waals surface area contributed by atoms with Gasteiger partial charge in [0.05, 0.1) is 45.6 Å². The number of esters is 1. The van der Waals surface area contributed by atoms with E-state index in [2.05, 4.69) is 51.9 Å². The van der Waals surface area contributed by atoms with Crippen LogP contribution in [0.3, 0.4) is 0 Å². The van der Waals surface area contributed by atoms with Crippen LogP contribution in [0.2, 0.25) is 0 Å². The standard InChI is InChI=1S/C42H61NO8/c1-9-28-11-10-12-39(51-41-14-13-38(43(5)6)26(4)49-41)25(3)42(45)37-21-35-33(36(37)22-40(44)50-28)15-24(2)32-19-31(20-34(32)35)48-23-27-16-29(46-7)18-30(17-27)47-8/h15-18,21,25-26,28,31-36,38-39,41H,9-14,19-20,22-23H2,1-8H3/t25-,26-,28+,31-,32+,33-,34-,35-,36+,38+,39+,41+/m1/s1. The van der Waals surface area contributed by atoms with E-state index in [4.69, 9.17) is 28.4 Å². The van der Waals surface area contributed by atoms with Gasteiger partial charge in [0.25, 0.3) is 0 Å². The first-order chi connectivity index (χ1) is 24.5. The molecule has 0 aromatic heterocycles. The molecular weight excluding hydrogens is 646 g/mol. The van der Waals surface area contributed by atoms with E-state index in [0.29, 0.717) is 24.5 Å². The number of ether oxygens (including phenoxy) is 6. The third kappa shape index (κ3) is 8.42. The number of likely N-dealkylation sites (N-methyl/N-ethyl adjacent to an activating group) is 1. The lowest BCUT2D eigenvalue weighted by Gasteiger charge is -2.40. The van der Waals surface area contributed by atoms with Crippen LogP contribution in [0.5, 0.6) is 11.5 Å². The smallest absolute Gasteiger partial charge is 0.306 e. The Bertz CT molecular complexity index is 1430. The van der Waals surface area contributed by atoms with E-state index >= 15 is 0 Å². The number of carbonyl (C=O) groups excluding carboxylic acids is 2. The van der Waals surface area contributed by atoms with Gasteiger partial charge in [-0.1, -0.05) is 31.6 Å². The molecule has 0 bridgehead atoms. The van der Waals surface area contributed by atoms with Crippen molar-refractivity contribution in [2.24, 2.45) is 35.5 Å². The van der Waals surface area contributed by atoms with Crippen molar-refractivity contribution in [1.29, 1.82) is 0 Å². The third-order valence-electron chi connectivity index (χ3n) is 12.7. The zero-order valence-corrected chi connectivity index (χ0v) is 32.1. The Morgan fingerprint density at radius 1 is 0.902 bits per heavy atom. The molecule has 51 heavy (non-hydrogen) atoms. The number of fused-ring (bicyclic) bond motifs is 5. The number of rotatable bonds is 9. The Balaban J connectivity index is 1.22. The molecule has 1 aromatic carbocycles. The minimum Gasteiger partial charge on any atom is -0.497 e. The van der Waals surface area contributed by atoms with Crippen molar-refractivity contribution in [3.8, 4) is 11.5 Å². The lowest BCUT2D eigenvalue weighted by atomic mass is 9.67. The average Bonchev–Trinajstić information content (AvgIpc) is 3.70. The number of ketones is 1. The molecule has 9 nitrogen and oxygen atoms in total. The summed E-state index contributed by atoms with van der Waals surface area (Å²) in [4.78, 5) is 30.4. The lowest BCUT2D eigenvalue weighted by Crippen LogP contribution is -2.47. The van der Waals surface area contributed by atoms with Crippen molar-refractivity contribution in [1.82, 2.24) is 4.90 Å². The quantitative estimate of drug-likeness (QED) is 0.194. The molecule has 0 spiro atoms. The van der Waals surface area contributed by atoms with Gasteiger partial charge in [-0.3, -0.25) is 9.59 Å². The highest BCUT2D eigenvalue weighted by Crippen LogP contribution is 2.56. The minimum absolute atomic E-state index is 0.0467. The Labute approximate surface area is 305 Å². The molecule has 0 unspecified atom stereocenters. The van der Waals surface area contributed by atoms with E-state index in [9.17, 15) is 9.59 Å². The second-order valence-corrected chi connectivity index (χ2v) is 16.1. The van der Waals surface area contributed by atoms with Gasteiger partial charge in [-0.05, 0) is 126 Å². The molecule has 6 rings (SSSR count). The summed E-state index contributed by atoms with van der Waals surface area (Å²) >= 11 is 0. The molecular formula is C42H61NO8. The van der Waals surface area contributed by atoms with Gasteiger partial charge in [0, 0.05) is 23.9 Å². The van der Waals surface area contributed by atoms with Crippen LogP contribution in [0.15, 0.2) is 41.5 Å². The summed E-state index contributed by atoms with van der Waals surface area (Å²) in [5, 5.41) is 0. The van der Waals surface area contributed by atoms with Crippen molar-refractivity contribution < 1.29 is 38.0 Å². The predicted molar refractivity (Wildman–Crippen MR) is 195 cm³/mol. The van der Waals surface area contributed by atoms with Crippen LogP contribution in [-0.4, -0.2) is 81.7 Å². The van der Waals surface area contributed by atoms with Crippen LogP contribution in [0, 0.1) is 35.5 Å². The van der Waals surface area contributed by atoms with E-state index in [1.807, 2.05) is 25.1 Å². The molecule has 3 aliphatic carbocycles. The number of nitrogens with zero attached hydrogens (tertiary/aromatic N) is 1. The van der Waals surface area contributed by atoms with Crippen LogP contribution < -0.4 is 9.47 Å². The Morgan fingerprint density at radius 2 is 1.65 bits per heavy atom. The maximum absolute atomic E-state index is 14.7. The maximum atomic E-state index is 14.7. The fourth-order valence-electron chi connectivity index (χ4n) is 9.85. The molecule has 2 saturated heterocycles. The van der Waals surface area contributed by atoms with E-state index in [0.717, 1.165) is 74.0 Å². The molecule has 0 amide bonds. The summed E-state index contributed by atoms with van der Waals surface area (Å²) in [5.74, 6) is 1.83. The van der Waals surface area contributed by atoms with Crippen LogP contribution in [0.1, 0.15) is 91.0 Å². The molecule has 3 fully saturated rings. The number of methoxy groups -OCH3 is 2. The van der Waals surface area contributed by atoms with Gasteiger partial charge in [0.2, 0.25) is 0 Å². The summed E-state index contributed by atoms with van der Waals surface area (Å²) in [7, 11) is 7.50. The largest absolute Gasteiger partial charge is 0.497 e. The zero-order chi connectivity index (χ0) is 36.4. The van der Waals surface area contributed by atoms with E-state index in [1.54, 1.807) is 14.2 Å². The summed E-state index contributed by atoms with van der Waals surface area (Å²) in [6.45, 7) is 8.92. The van der Waals surface area contributed by atoms with Crippen molar-refractivity contribution >= 4 is 11.8 Å². The van der Waals surface area contributed by atoms with Gasteiger partial charge >= 0.3 is 5.97 Å². The molecule has 9 heteroatoms. The zero-order valence-electron chi connectivity index (χ0n) is 32.1. The van der Waals surface area contributed by atoms with Crippen molar-refractivity contribution in [2.45, 2.75) is 129 Å². The van der Waals surface area contributed by atoms with Gasteiger partial charge in [-0.25, -0.2) is 0 Å². The second-order valence-electron chi connectivity index (χ2n) is 16.1. The van der Waals surface area contributed by atoms with Crippen LogP contribution in [0.25, 0.3) is 0 Å². The Kier molecular flexibility index (Phi) is 12.3. The second kappa shape index (κ2) is 16.5.